The molecule has 36 heavy (non-hydrogen) atoms. The summed E-state index contributed by atoms with van der Waals surface area (Å²) in [5.74, 6) is 0.227. The number of rotatable bonds is 13. The predicted molar refractivity (Wildman–Crippen MR) is 144 cm³/mol. The van der Waals surface area contributed by atoms with E-state index in [-0.39, 0.29) is 30.8 Å². The lowest BCUT2D eigenvalue weighted by molar-refractivity contribution is -0.140. The van der Waals surface area contributed by atoms with E-state index >= 15 is 0 Å². The van der Waals surface area contributed by atoms with Gasteiger partial charge in [0.15, 0.2) is 0 Å². The highest BCUT2D eigenvalue weighted by molar-refractivity contribution is 7.92. The van der Waals surface area contributed by atoms with Crippen molar-refractivity contribution in [2.75, 3.05) is 23.7 Å². The van der Waals surface area contributed by atoms with Crippen LogP contribution in [0.15, 0.2) is 48.5 Å². The van der Waals surface area contributed by atoms with Crippen LogP contribution in [-0.2, 0) is 26.2 Å². The highest BCUT2D eigenvalue weighted by Crippen LogP contribution is 2.22. The van der Waals surface area contributed by atoms with Crippen LogP contribution in [0.5, 0.6) is 5.75 Å². The monoisotopic (exact) mass is 517 g/mol. The van der Waals surface area contributed by atoms with E-state index in [4.69, 9.17) is 4.74 Å². The minimum absolute atomic E-state index is 0.0475. The maximum atomic E-state index is 13.3. The SMILES string of the molecule is CCOc1ccc(N(CCCC(=O)N(Cc2ccc(C)cc2)[C@H](C)C(=O)NC(C)C)S(C)(=O)=O)cc1. The molecule has 0 aliphatic heterocycles. The Hall–Kier alpha value is -3.07. The third kappa shape index (κ3) is 8.86. The largest absolute Gasteiger partial charge is 0.494 e. The van der Waals surface area contributed by atoms with Crippen LogP contribution in [0.25, 0.3) is 0 Å². The van der Waals surface area contributed by atoms with E-state index in [1.54, 1.807) is 36.1 Å². The summed E-state index contributed by atoms with van der Waals surface area (Å²) in [7, 11) is -3.55. The van der Waals surface area contributed by atoms with Gasteiger partial charge in [-0.05, 0) is 70.9 Å². The Bertz CT molecular complexity index is 1100. The quantitative estimate of drug-likeness (QED) is 0.435. The molecule has 8 nitrogen and oxygen atoms in total. The molecule has 2 aromatic rings. The second kappa shape index (κ2) is 13.3. The summed E-state index contributed by atoms with van der Waals surface area (Å²) in [5.41, 5.74) is 2.54. The third-order valence-corrected chi connectivity index (χ3v) is 6.85. The third-order valence-electron chi connectivity index (χ3n) is 5.66. The van der Waals surface area contributed by atoms with Crippen molar-refractivity contribution in [1.82, 2.24) is 10.2 Å². The Morgan fingerprint density at radius 3 is 2.14 bits per heavy atom. The molecule has 9 heteroatoms. The number of ether oxygens (including phenoxy) is 1. The molecule has 0 saturated carbocycles. The van der Waals surface area contributed by atoms with Gasteiger partial charge in [0.25, 0.3) is 0 Å². The van der Waals surface area contributed by atoms with Gasteiger partial charge in [-0.3, -0.25) is 13.9 Å². The zero-order valence-corrected chi connectivity index (χ0v) is 23.0. The Morgan fingerprint density at radius 2 is 1.61 bits per heavy atom. The van der Waals surface area contributed by atoms with E-state index in [0.29, 0.717) is 31.0 Å². The number of nitrogens with zero attached hydrogens (tertiary/aromatic N) is 2. The first-order valence-electron chi connectivity index (χ1n) is 12.3. The normalized spacial score (nSPS) is 12.2. The molecule has 198 valence electrons. The van der Waals surface area contributed by atoms with Crippen molar-refractivity contribution < 1.29 is 22.7 Å². The van der Waals surface area contributed by atoms with Crippen LogP contribution >= 0.6 is 0 Å². The molecule has 2 amide bonds. The Kier molecular flexibility index (Phi) is 10.8. The molecule has 0 aliphatic rings. The maximum absolute atomic E-state index is 13.3. The number of nitrogens with one attached hydrogen (secondary N) is 1. The van der Waals surface area contributed by atoms with Crippen molar-refractivity contribution in [2.45, 2.75) is 66.1 Å². The number of carbonyl (C=O) groups is 2. The number of hydrogen-bond acceptors (Lipinski definition) is 5. The lowest BCUT2D eigenvalue weighted by atomic mass is 10.1. The highest BCUT2D eigenvalue weighted by Gasteiger charge is 2.27. The van der Waals surface area contributed by atoms with Gasteiger partial charge >= 0.3 is 0 Å². The summed E-state index contributed by atoms with van der Waals surface area (Å²) in [5, 5.41) is 2.87. The van der Waals surface area contributed by atoms with Crippen LogP contribution in [0.4, 0.5) is 5.69 Å². The first kappa shape index (κ1) is 29.2. The van der Waals surface area contributed by atoms with Crippen molar-refractivity contribution in [2.24, 2.45) is 0 Å². The number of carbonyl (C=O) groups excluding carboxylic acids is 2. The molecule has 0 saturated heterocycles. The zero-order valence-electron chi connectivity index (χ0n) is 22.2. The van der Waals surface area contributed by atoms with Crippen molar-refractivity contribution in [1.29, 1.82) is 0 Å². The van der Waals surface area contributed by atoms with Gasteiger partial charge in [0.2, 0.25) is 21.8 Å². The Morgan fingerprint density at radius 1 is 1.00 bits per heavy atom. The molecular formula is C27H39N3O5S. The van der Waals surface area contributed by atoms with Crippen LogP contribution < -0.4 is 14.4 Å². The summed E-state index contributed by atoms with van der Waals surface area (Å²) in [6, 6.07) is 13.9. The van der Waals surface area contributed by atoms with Crippen LogP contribution in [0.2, 0.25) is 0 Å². The smallest absolute Gasteiger partial charge is 0.242 e. The van der Waals surface area contributed by atoms with E-state index in [9.17, 15) is 18.0 Å². The van der Waals surface area contributed by atoms with Crippen molar-refractivity contribution in [3.8, 4) is 5.75 Å². The molecule has 2 aromatic carbocycles. The van der Waals surface area contributed by atoms with Gasteiger partial charge in [-0.25, -0.2) is 8.42 Å². The molecule has 1 N–H and O–H groups in total. The maximum Gasteiger partial charge on any atom is 0.242 e. The fourth-order valence-corrected chi connectivity index (χ4v) is 4.72. The van der Waals surface area contributed by atoms with Gasteiger partial charge in [0, 0.05) is 25.6 Å². The summed E-state index contributed by atoms with van der Waals surface area (Å²) in [6.07, 6.45) is 1.56. The van der Waals surface area contributed by atoms with Gasteiger partial charge in [-0.15, -0.1) is 0 Å². The number of aryl methyl sites for hydroxylation is 1. The topological polar surface area (TPSA) is 96.0 Å². The van der Waals surface area contributed by atoms with E-state index in [1.165, 1.54) is 4.31 Å². The molecule has 0 heterocycles. The van der Waals surface area contributed by atoms with Crippen LogP contribution in [-0.4, -0.2) is 56.6 Å². The molecule has 0 aliphatic carbocycles. The molecule has 2 rings (SSSR count). The molecule has 0 aromatic heterocycles. The molecule has 0 radical (unpaired) electrons. The second-order valence-corrected chi connectivity index (χ2v) is 11.1. The molecule has 0 spiro atoms. The van der Waals surface area contributed by atoms with Gasteiger partial charge < -0.3 is 15.0 Å². The van der Waals surface area contributed by atoms with Crippen molar-refractivity contribution >= 4 is 27.5 Å². The van der Waals surface area contributed by atoms with E-state index in [0.717, 1.165) is 17.4 Å². The second-order valence-electron chi connectivity index (χ2n) is 9.21. The standard InChI is InChI=1S/C27H39N3O5S/c1-7-35-25-16-14-24(15-17-25)30(36(6,33)34)18-8-9-26(31)29(22(5)27(32)28-20(2)3)19-23-12-10-21(4)11-13-23/h10-17,20,22H,7-9,18-19H2,1-6H3,(H,28,32)/t22-/m1/s1. The summed E-state index contributed by atoms with van der Waals surface area (Å²) in [4.78, 5) is 27.6. The van der Waals surface area contributed by atoms with Gasteiger partial charge in [-0.2, -0.15) is 0 Å². The predicted octanol–water partition coefficient (Wildman–Crippen LogP) is 3.88. The fourth-order valence-electron chi connectivity index (χ4n) is 3.76. The number of amides is 2. The zero-order chi connectivity index (χ0) is 26.9. The number of hydrogen-bond donors (Lipinski definition) is 1. The number of sulfonamides is 1. The Balaban J connectivity index is 2.14. The lowest BCUT2D eigenvalue weighted by Crippen LogP contribution is -2.49. The van der Waals surface area contributed by atoms with Gasteiger partial charge in [0.1, 0.15) is 11.8 Å². The summed E-state index contributed by atoms with van der Waals surface area (Å²) < 4.78 is 31.7. The van der Waals surface area contributed by atoms with Crippen LogP contribution in [0.1, 0.15) is 51.7 Å². The average Bonchev–Trinajstić information content (AvgIpc) is 2.80. The Labute approximate surface area is 215 Å². The summed E-state index contributed by atoms with van der Waals surface area (Å²) >= 11 is 0. The first-order valence-corrected chi connectivity index (χ1v) is 14.1. The van der Waals surface area contributed by atoms with Crippen molar-refractivity contribution in [3.05, 3.63) is 59.7 Å². The number of anilines is 1. The fraction of sp³-hybridized carbons (Fsp3) is 0.481. The molecule has 1 atom stereocenters. The highest BCUT2D eigenvalue weighted by atomic mass is 32.2. The number of benzene rings is 2. The van der Waals surface area contributed by atoms with E-state index in [1.807, 2.05) is 52.0 Å². The van der Waals surface area contributed by atoms with Crippen molar-refractivity contribution in [3.63, 3.8) is 0 Å². The molecular weight excluding hydrogens is 478 g/mol. The minimum atomic E-state index is -3.55. The summed E-state index contributed by atoms with van der Waals surface area (Å²) in [6.45, 7) is 10.3. The average molecular weight is 518 g/mol. The molecule has 0 fully saturated rings. The van der Waals surface area contributed by atoms with Gasteiger partial charge in [-0.1, -0.05) is 29.8 Å². The van der Waals surface area contributed by atoms with E-state index in [2.05, 4.69) is 5.32 Å². The molecule has 0 unspecified atom stereocenters. The van der Waals surface area contributed by atoms with Gasteiger partial charge in [0.05, 0.1) is 18.6 Å². The van der Waals surface area contributed by atoms with Crippen LogP contribution in [0.3, 0.4) is 0 Å². The molecule has 0 bridgehead atoms. The van der Waals surface area contributed by atoms with E-state index < -0.39 is 16.1 Å². The van der Waals surface area contributed by atoms with Crippen LogP contribution in [0, 0.1) is 6.92 Å². The minimum Gasteiger partial charge on any atom is -0.494 e. The first-order chi connectivity index (χ1) is 16.9. The lowest BCUT2D eigenvalue weighted by Gasteiger charge is -2.30.